The van der Waals surface area contributed by atoms with Gasteiger partial charge in [0.25, 0.3) is 0 Å². The molecule has 0 saturated carbocycles. The van der Waals surface area contributed by atoms with E-state index in [0.29, 0.717) is 11.6 Å². The van der Waals surface area contributed by atoms with Crippen molar-refractivity contribution in [1.29, 1.82) is 0 Å². The first-order chi connectivity index (χ1) is 24.8. The molecule has 0 N–H and O–H groups in total. The lowest BCUT2D eigenvalue weighted by atomic mass is 9.99. The van der Waals surface area contributed by atoms with Crippen molar-refractivity contribution in [2.45, 2.75) is 0 Å². The summed E-state index contributed by atoms with van der Waals surface area (Å²) in [7, 11) is 0. The van der Waals surface area contributed by atoms with Crippen LogP contribution in [0.4, 0.5) is 0 Å². The molecule has 0 aliphatic carbocycles. The highest BCUT2D eigenvalue weighted by Gasteiger charge is 2.18. The van der Waals surface area contributed by atoms with Gasteiger partial charge in [0.15, 0.2) is 11.6 Å². The molecule has 0 fully saturated rings. The fraction of sp³-hybridized carbons (Fsp3) is 0. The van der Waals surface area contributed by atoms with Gasteiger partial charge in [-0.25, -0.2) is 15.0 Å². The van der Waals surface area contributed by atoms with Crippen LogP contribution in [-0.4, -0.2) is 19.5 Å². The Morgan fingerprint density at radius 2 is 1.06 bits per heavy atom. The second-order valence-corrected chi connectivity index (χ2v) is 12.5. The van der Waals surface area contributed by atoms with Crippen molar-refractivity contribution in [3.05, 3.63) is 170 Å². The van der Waals surface area contributed by atoms with Gasteiger partial charge in [0.05, 0.1) is 11.0 Å². The molecule has 0 radical (unpaired) electrons. The van der Waals surface area contributed by atoms with Crippen LogP contribution in [0.1, 0.15) is 0 Å². The molecule has 0 spiro atoms. The fourth-order valence-corrected chi connectivity index (χ4v) is 7.21. The zero-order valence-electron chi connectivity index (χ0n) is 26.9. The van der Waals surface area contributed by atoms with Crippen molar-refractivity contribution in [2.24, 2.45) is 0 Å². The molecule has 0 unspecified atom stereocenters. The van der Waals surface area contributed by atoms with Crippen LogP contribution in [0.2, 0.25) is 0 Å². The first-order valence-corrected chi connectivity index (χ1v) is 16.7. The smallest absolute Gasteiger partial charge is 0.164 e. The molecule has 10 rings (SSSR count). The van der Waals surface area contributed by atoms with Gasteiger partial charge < -0.3 is 8.98 Å². The van der Waals surface area contributed by atoms with E-state index in [-0.39, 0.29) is 0 Å². The molecule has 0 bridgehead atoms. The maximum atomic E-state index is 6.36. The number of para-hydroxylation sites is 1. The van der Waals surface area contributed by atoms with Gasteiger partial charge in [0.1, 0.15) is 17.5 Å². The third kappa shape index (κ3) is 4.60. The molecule has 50 heavy (non-hydrogen) atoms. The lowest BCUT2D eigenvalue weighted by Crippen LogP contribution is -1.95. The van der Waals surface area contributed by atoms with E-state index >= 15 is 0 Å². The number of benzene rings is 7. The zero-order chi connectivity index (χ0) is 33.0. The van der Waals surface area contributed by atoms with Crippen molar-refractivity contribution in [2.75, 3.05) is 0 Å². The van der Waals surface area contributed by atoms with Crippen LogP contribution >= 0.6 is 0 Å². The van der Waals surface area contributed by atoms with E-state index in [0.717, 1.165) is 49.9 Å². The Morgan fingerprint density at radius 3 is 1.88 bits per heavy atom. The number of hydrogen-bond donors (Lipinski definition) is 0. The standard InChI is InChI=1S/C45H28N4O/c1-3-10-29(11-4-1)30-18-22-34(23-19-30)49-39-16-8-7-14-35(39)37-26-32(20-24-40(37)49)33-21-25-41-38(27-33)43-36(15-9-17-42(43)50-41)45-47-28-46-44(48-45)31-12-5-2-6-13-31/h1-28H. The van der Waals surface area contributed by atoms with Crippen LogP contribution in [0, 0.1) is 0 Å². The first-order valence-electron chi connectivity index (χ1n) is 16.7. The van der Waals surface area contributed by atoms with Gasteiger partial charge in [0.2, 0.25) is 0 Å². The largest absolute Gasteiger partial charge is 0.456 e. The molecule has 3 aromatic heterocycles. The maximum Gasteiger partial charge on any atom is 0.164 e. The molecule has 5 heteroatoms. The minimum Gasteiger partial charge on any atom is -0.456 e. The number of aromatic nitrogens is 4. The Labute approximate surface area is 287 Å². The van der Waals surface area contributed by atoms with Gasteiger partial charge in [-0.1, -0.05) is 115 Å². The highest BCUT2D eigenvalue weighted by Crippen LogP contribution is 2.40. The van der Waals surface area contributed by atoms with Crippen molar-refractivity contribution >= 4 is 43.7 Å². The van der Waals surface area contributed by atoms with E-state index in [4.69, 9.17) is 9.40 Å². The molecule has 10 aromatic rings. The highest BCUT2D eigenvalue weighted by molar-refractivity contribution is 6.14. The minimum absolute atomic E-state index is 0.614. The molecular formula is C45H28N4O. The Hall–Kier alpha value is -6.85. The highest BCUT2D eigenvalue weighted by atomic mass is 16.3. The molecule has 7 aromatic carbocycles. The van der Waals surface area contributed by atoms with Gasteiger partial charge in [0, 0.05) is 38.4 Å². The fourth-order valence-electron chi connectivity index (χ4n) is 7.21. The third-order valence-corrected chi connectivity index (χ3v) is 9.58. The normalized spacial score (nSPS) is 11.6. The number of nitrogens with zero attached hydrogens (tertiary/aromatic N) is 4. The van der Waals surface area contributed by atoms with Gasteiger partial charge in [-0.3, -0.25) is 0 Å². The van der Waals surface area contributed by atoms with Gasteiger partial charge >= 0.3 is 0 Å². The van der Waals surface area contributed by atoms with Crippen LogP contribution in [0.3, 0.4) is 0 Å². The molecular weight excluding hydrogens is 613 g/mol. The number of fused-ring (bicyclic) bond motifs is 6. The van der Waals surface area contributed by atoms with Crippen molar-refractivity contribution < 1.29 is 4.42 Å². The van der Waals surface area contributed by atoms with Gasteiger partial charge in [-0.15, -0.1) is 0 Å². The molecule has 0 aliphatic heterocycles. The predicted octanol–water partition coefficient (Wildman–Crippen LogP) is 11.5. The van der Waals surface area contributed by atoms with Crippen LogP contribution in [0.15, 0.2) is 175 Å². The Balaban J connectivity index is 1.10. The summed E-state index contributed by atoms with van der Waals surface area (Å²) in [5, 5.41) is 4.45. The molecule has 0 aliphatic rings. The molecule has 3 heterocycles. The van der Waals surface area contributed by atoms with E-state index in [2.05, 4.69) is 136 Å². The summed E-state index contributed by atoms with van der Waals surface area (Å²) < 4.78 is 8.72. The average molecular weight is 641 g/mol. The van der Waals surface area contributed by atoms with Crippen molar-refractivity contribution in [3.63, 3.8) is 0 Å². The van der Waals surface area contributed by atoms with Gasteiger partial charge in [-0.2, -0.15) is 0 Å². The van der Waals surface area contributed by atoms with Gasteiger partial charge in [-0.05, 0) is 70.8 Å². The van der Waals surface area contributed by atoms with E-state index in [1.54, 1.807) is 6.33 Å². The molecule has 0 atom stereocenters. The van der Waals surface area contributed by atoms with Crippen molar-refractivity contribution in [3.8, 4) is 50.7 Å². The third-order valence-electron chi connectivity index (χ3n) is 9.58. The lowest BCUT2D eigenvalue weighted by molar-refractivity contribution is 0.669. The molecule has 234 valence electrons. The zero-order valence-corrected chi connectivity index (χ0v) is 26.9. The first kappa shape index (κ1) is 28.2. The second kappa shape index (κ2) is 11.4. The average Bonchev–Trinajstić information content (AvgIpc) is 3.74. The van der Waals surface area contributed by atoms with E-state index in [1.807, 2.05) is 42.5 Å². The Morgan fingerprint density at radius 1 is 0.420 bits per heavy atom. The van der Waals surface area contributed by atoms with Crippen LogP contribution in [-0.2, 0) is 0 Å². The summed E-state index contributed by atoms with van der Waals surface area (Å²) in [6.45, 7) is 0. The van der Waals surface area contributed by atoms with E-state index < -0.39 is 0 Å². The van der Waals surface area contributed by atoms with E-state index in [1.165, 1.54) is 32.9 Å². The summed E-state index contributed by atoms with van der Waals surface area (Å²) >= 11 is 0. The summed E-state index contributed by atoms with van der Waals surface area (Å²) in [5.41, 5.74) is 11.6. The number of rotatable bonds is 5. The van der Waals surface area contributed by atoms with Crippen LogP contribution in [0.5, 0.6) is 0 Å². The number of furan rings is 1. The lowest BCUT2D eigenvalue weighted by Gasteiger charge is -2.10. The maximum absolute atomic E-state index is 6.36. The van der Waals surface area contributed by atoms with Crippen molar-refractivity contribution in [1.82, 2.24) is 19.5 Å². The minimum atomic E-state index is 0.614. The predicted molar refractivity (Wildman–Crippen MR) is 203 cm³/mol. The van der Waals surface area contributed by atoms with E-state index in [9.17, 15) is 0 Å². The van der Waals surface area contributed by atoms with Crippen LogP contribution in [0.25, 0.3) is 94.5 Å². The topological polar surface area (TPSA) is 56.7 Å². The summed E-state index contributed by atoms with van der Waals surface area (Å²) in [6, 6.07) is 57.3. The van der Waals surface area contributed by atoms with Crippen LogP contribution < -0.4 is 0 Å². The Kier molecular flexibility index (Phi) is 6.42. The quantitative estimate of drug-likeness (QED) is 0.188. The molecule has 0 saturated heterocycles. The molecule has 5 nitrogen and oxygen atoms in total. The Bertz CT molecular complexity index is 2850. The number of hydrogen-bond acceptors (Lipinski definition) is 4. The second-order valence-electron chi connectivity index (χ2n) is 12.5. The summed E-state index contributed by atoms with van der Waals surface area (Å²) in [4.78, 5) is 13.9. The summed E-state index contributed by atoms with van der Waals surface area (Å²) in [5.74, 6) is 1.25. The monoisotopic (exact) mass is 640 g/mol. The summed E-state index contributed by atoms with van der Waals surface area (Å²) in [6.07, 6.45) is 1.58. The SMILES string of the molecule is c1ccc(-c2ccc(-n3c4ccccc4c4cc(-c5ccc6oc7cccc(-c8ncnc(-c9ccccc9)n8)c7c6c5)ccc43)cc2)cc1. The molecule has 0 amide bonds.